The molecular formula is C16H23NO10. The van der Waals surface area contributed by atoms with Gasteiger partial charge in [0.05, 0.1) is 0 Å². The van der Waals surface area contributed by atoms with E-state index in [9.17, 15) is 24.0 Å². The van der Waals surface area contributed by atoms with E-state index < -0.39 is 60.4 Å². The van der Waals surface area contributed by atoms with Crippen LogP contribution in [0.2, 0.25) is 0 Å². The molecule has 0 bridgehead atoms. The molecule has 1 rings (SSSR count). The Bertz CT molecular complexity index is 604. The number of rotatable bonds is 6. The van der Waals surface area contributed by atoms with Crippen LogP contribution in [0.1, 0.15) is 34.6 Å². The molecule has 5 atom stereocenters. The van der Waals surface area contributed by atoms with Crippen LogP contribution in [0.5, 0.6) is 0 Å². The number of esters is 4. The molecule has 0 saturated carbocycles. The lowest BCUT2D eigenvalue weighted by atomic mass is 9.96. The molecule has 2 unspecified atom stereocenters. The fourth-order valence-corrected chi connectivity index (χ4v) is 2.55. The standard InChI is InChI=1S/C16H23NO10/c1-7(18)17-13-15(25-10(4)21)14(24-9(3)20)12(6-23-8(2)19)27-16(13)26-11(5)22/h12-16H,6H2,1-5H3,(H,17,18)/t12?,13?,14-,15+,16+/m0/s1. The molecule has 1 aliphatic rings. The molecule has 0 aliphatic carbocycles. The molecular weight excluding hydrogens is 366 g/mol. The van der Waals surface area contributed by atoms with Crippen molar-refractivity contribution in [2.75, 3.05) is 6.61 Å². The maximum atomic E-state index is 11.6. The molecule has 0 aromatic carbocycles. The molecule has 11 heteroatoms. The number of nitrogens with one attached hydrogen (secondary N) is 1. The second-order valence-electron chi connectivity index (χ2n) is 5.83. The van der Waals surface area contributed by atoms with E-state index in [1.807, 2.05) is 0 Å². The number of amides is 1. The zero-order chi connectivity index (χ0) is 20.7. The van der Waals surface area contributed by atoms with Crippen LogP contribution < -0.4 is 5.32 Å². The van der Waals surface area contributed by atoms with Crippen LogP contribution in [0.25, 0.3) is 0 Å². The van der Waals surface area contributed by atoms with E-state index in [-0.39, 0.29) is 6.61 Å². The quantitative estimate of drug-likeness (QED) is 0.453. The summed E-state index contributed by atoms with van der Waals surface area (Å²) in [5.41, 5.74) is 0. The third-order valence-electron chi connectivity index (χ3n) is 3.35. The van der Waals surface area contributed by atoms with Crippen molar-refractivity contribution < 1.29 is 47.7 Å². The van der Waals surface area contributed by atoms with Gasteiger partial charge in [-0.2, -0.15) is 0 Å². The number of hydrogen-bond donors (Lipinski definition) is 1. The minimum absolute atomic E-state index is 0.365. The Morgan fingerprint density at radius 1 is 0.778 bits per heavy atom. The smallest absolute Gasteiger partial charge is 0.305 e. The number of carbonyl (C=O) groups excluding carboxylic acids is 5. The highest BCUT2D eigenvalue weighted by molar-refractivity contribution is 5.74. The van der Waals surface area contributed by atoms with E-state index >= 15 is 0 Å². The average molecular weight is 389 g/mol. The van der Waals surface area contributed by atoms with E-state index in [1.165, 1.54) is 6.92 Å². The molecule has 1 N–H and O–H groups in total. The molecule has 152 valence electrons. The maximum Gasteiger partial charge on any atom is 0.305 e. The predicted molar refractivity (Wildman–Crippen MR) is 85.8 cm³/mol. The molecule has 0 spiro atoms. The van der Waals surface area contributed by atoms with Crippen LogP contribution in [0.3, 0.4) is 0 Å². The monoisotopic (exact) mass is 389 g/mol. The van der Waals surface area contributed by atoms with E-state index in [2.05, 4.69) is 5.32 Å². The largest absolute Gasteiger partial charge is 0.463 e. The highest BCUT2D eigenvalue weighted by Crippen LogP contribution is 2.28. The highest BCUT2D eigenvalue weighted by atomic mass is 16.7. The summed E-state index contributed by atoms with van der Waals surface area (Å²) in [5.74, 6) is -3.34. The Balaban J connectivity index is 3.29. The molecule has 1 amide bonds. The summed E-state index contributed by atoms with van der Waals surface area (Å²) in [7, 11) is 0. The van der Waals surface area contributed by atoms with Crippen LogP contribution in [0.15, 0.2) is 0 Å². The summed E-state index contributed by atoms with van der Waals surface area (Å²) < 4.78 is 25.9. The van der Waals surface area contributed by atoms with Gasteiger partial charge in [0.25, 0.3) is 0 Å². The Morgan fingerprint density at radius 2 is 1.30 bits per heavy atom. The van der Waals surface area contributed by atoms with E-state index in [0.717, 1.165) is 27.7 Å². The highest BCUT2D eigenvalue weighted by Gasteiger charge is 2.52. The van der Waals surface area contributed by atoms with Gasteiger partial charge in [-0.05, 0) is 0 Å². The van der Waals surface area contributed by atoms with Gasteiger partial charge in [-0.3, -0.25) is 24.0 Å². The summed E-state index contributed by atoms with van der Waals surface area (Å²) in [6, 6.07) is -1.16. The second kappa shape index (κ2) is 9.86. The lowest BCUT2D eigenvalue weighted by molar-refractivity contribution is -0.270. The predicted octanol–water partition coefficient (Wildman–Crippen LogP) is -0.794. The first-order chi connectivity index (χ1) is 12.5. The van der Waals surface area contributed by atoms with Crippen molar-refractivity contribution in [3.63, 3.8) is 0 Å². The van der Waals surface area contributed by atoms with Crippen molar-refractivity contribution in [2.24, 2.45) is 0 Å². The molecule has 0 radical (unpaired) electrons. The minimum atomic E-state index is -1.37. The molecule has 1 heterocycles. The summed E-state index contributed by atoms with van der Waals surface area (Å²) >= 11 is 0. The van der Waals surface area contributed by atoms with E-state index in [0.29, 0.717) is 0 Å². The first kappa shape index (κ1) is 22.4. The SMILES string of the molecule is CC(=O)NC1[C@H](OC(C)=O)OC(COC(C)=O)[C@H](OC(C)=O)[C@@H]1OC(C)=O. The maximum absolute atomic E-state index is 11.6. The van der Waals surface area contributed by atoms with Gasteiger partial charge in [-0.15, -0.1) is 0 Å². The van der Waals surface area contributed by atoms with Gasteiger partial charge in [-0.1, -0.05) is 0 Å². The third kappa shape index (κ3) is 7.21. The lowest BCUT2D eigenvalue weighted by Gasteiger charge is -2.44. The van der Waals surface area contributed by atoms with Crippen molar-refractivity contribution in [2.45, 2.75) is 65.3 Å². The van der Waals surface area contributed by atoms with Crippen LogP contribution in [-0.2, 0) is 47.7 Å². The molecule has 11 nitrogen and oxygen atoms in total. The average Bonchev–Trinajstić information content (AvgIpc) is 2.49. The molecule has 1 fully saturated rings. The summed E-state index contributed by atoms with van der Waals surface area (Å²) in [5, 5.41) is 2.46. The molecule has 27 heavy (non-hydrogen) atoms. The fourth-order valence-electron chi connectivity index (χ4n) is 2.55. The van der Waals surface area contributed by atoms with Gasteiger partial charge in [0.15, 0.2) is 12.2 Å². The second-order valence-corrected chi connectivity index (χ2v) is 5.83. The Kier molecular flexibility index (Phi) is 8.16. The van der Waals surface area contributed by atoms with Crippen LogP contribution in [0.4, 0.5) is 0 Å². The van der Waals surface area contributed by atoms with E-state index in [4.69, 9.17) is 23.7 Å². The van der Waals surface area contributed by atoms with Crippen molar-refractivity contribution >= 4 is 29.8 Å². The van der Waals surface area contributed by atoms with Gasteiger partial charge < -0.3 is 29.0 Å². The Hall–Kier alpha value is -2.69. The van der Waals surface area contributed by atoms with Gasteiger partial charge in [0, 0.05) is 34.6 Å². The molecule has 0 aromatic rings. The van der Waals surface area contributed by atoms with Crippen molar-refractivity contribution in [1.29, 1.82) is 0 Å². The molecule has 0 aromatic heterocycles. The van der Waals surface area contributed by atoms with Crippen molar-refractivity contribution in [3.05, 3.63) is 0 Å². The van der Waals surface area contributed by atoms with Crippen molar-refractivity contribution in [1.82, 2.24) is 5.32 Å². The van der Waals surface area contributed by atoms with Crippen molar-refractivity contribution in [3.8, 4) is 0 Å². The van der Waals surface area contributed by atoms with Gasteiger partial charge in [0.1, 0.15) is 18.8 Å². The third-order valence-corrected chi connectivity index (χ3v) is 3.35. The van der Waals surface area contributed by atoms with Gasteiger partial charge in [0.2, 0.25) is 12.2 Å². The summed E-state index contributed by atoms with van der Waals surface area (Å²) in [4.78, 5) is 57.2. The normalized spacial score (nSPS) is 27.1. The fraction of sp³-hybridized carbons (Fsp3) is 0.688. The minimum Gasteiger partial charge on any atom is -0.463 e. The zero-order valence-corrected chi connectivity index (χ0v) is 15.7. The Morgan fingerprint density at radius 3 is 1.74 bits per heavy atom. The van der Waals surface area contributed by atoms with Crippen LogP contribution in [0, 0.1) is 0 Å². The summed E-state index contributed by atoms with van der Waals surface area (Å²) in [6.45, 7) is 5.36. The van der Waals surface area contributed by atoms with Gasteiger partial charge in [-0.25, -0.2) is 0 Å². The van der Waals surface area contributed by atoms with E-state index in [1.54, 1.807) is 0 Å². The van der Waals surface area contributed by atoms with Crippen LogP contribution >= 0.6 is 0 Å². The summed E-state index contributed by atoms with van der Waals surface area (Å²) in [6.07, 6.45) is -4.97. The number of ether oxygens (including phenoxy) is 5. The topological polar surface area (TPSA) is 144 Å². The zero-order valence-electron chi connectivity index (χ0n) is 15.7. The first-order valence-electron chi connectivity index (χ1n) is 8.08. The number of hydrogen-bond acceptors (Lipinski definition) is 10. The Labute approximate surface area is 155 Å². The van der Waals surface area contributed by atoms with Crippen LogP contribution in [-0.4, -0.2) is 67.0 Å². The number of carbonyl (C=O) groups is 5. The molecule has 1 aliphatic heterocycles. The lowest BCUT2D eigenvalue weighted by Crippen LogP contribution is -2.66. The first-order valence-corrected chi connectivity index (χ1v) is 8.08. The van der Waals surface area contributed by atoms with Gasteiger partial charge >= 0.3 is 23.9 Å². The molecule has 1 saturated heterocycles.